The Morgan fingerprint density at radius 3 is 2.55 bits per heavy atom. The van der Waals surface area contributed by atoms with Gasteiger partial charge in [-0.25, -0.2) is 9.18 Å². The highest BCUT2D eigenvalue weighted by Gasteiger charge is 2.15. The van der Waals surface area contributed by atoms with Gasteiger partial charge < -0.3 is 9.47 Å². The van der Waals surface area contributed by atoms with Gasteiger partial charge in [-0.2, -0.15) is 0 Å². The standard InChI is InChI=1S/C16H12BrFO4/c1-21-15-7-6-10(8-12(15)17)16(20)22-9-14(19)11-4-2-3-5-13(11)18/h2-8H,9H2,1H3. The van der Waals surface area contributed by atoms with Crippen molar-refractivity contribution in [3.8, 4) is 5.75 Å². The second-order valence-electron chi connectivity index (χ2n) is 4.33. The van der Waals surface area contributed by atoms with Crippen LogP contribution in [0.15, 0.2) is 46.9 Å². The van der Waals surface area contributed by atoms with Crippen molar-refractivity contribution in [3.05, 3.63) is 63.9 Å². The molecule has 0 unspecified atom stereocenters. The van der Waals surface area contributed by atoms with Crippen LogP contribution < -0.4 is 4.74 Å². The molecule has 0 heterocycles. The number of hydrogen-bond donors (Lipinski definition) is 0. The Morgan fingerprint density at radius 2 is 1.91 bits per heavy atom. The van der Waals surface area contributed by atoms with Crippen molar-refractivity contribution in [2.24, 2.45) is 0 Å². The zero-order valence-corrected chi connectivity index (χ0v) is 13.2. The molecule has 0 N–H and O–H groups in total. The average Bonchev–Trinajstić information content (AvgIpc) is 2.52. The van der Waals surface area contributed by atoms with Crippen LogP contribution in [0, 0.1) is 5.82 Å². The number of ether oxygens (including phenoxy) is 2. The van der Waals surface area contributed by atoms with Gasteiger partial charge in [-0.1, -0.05) is 12.1 Å². The number of ketones is 1. The topological polar surface area (TPSA) is 52.6 Å². The van der Waals surface area contributed by atoms with Crippen molar-refractivity contribution in [2.75, 3.05) is 13.7 Å². The van der Waals surface area contributed by atoms with Crippen LogP contribution in [0.5, 0.6) is 5.75 Å². The van der Waals surface area contributed by atoms with Crippen LogP contribution in [0.2, 0.25) is 0 Å². The monoisotopic (exact) mass is 366 g/mol. The van der Waals surface area contributed by atoms with E-state index in [0.29, 0.717) is 10.2 Å². The lowest BCUT2D eigenvalue weighted by Gasteiger charge is -2.07. The molecule has 0 aliphatic rings. The summed E-state index contributed by atoms with van der Waals surface area (Å²) in [5.74, 6) is -1.35. The molecule has 0 spiro atoms. The normalized spacial score (nSPS) is 10.1. The Hall–Kier alpha value is -2.21. The molecule has 22 heavy (non-hydrogen) atoms. The summed E-state index contributed by atoms with van der Waals surface area (Å²) in [4.78, 5) is 23.7. The van der Waals surface area contributed by atoms with E-state index in [4.69, 9.17) is 9.47 Å². The average molecular weight is 367 g/mol. The van der Waals surface area contributed by atoms with Gasteiger partial charge in [-0.15, -0.1) is 0 Å². The minimum atomic E-state index is -0.673. The molecular formula is C16H12BrFO4. The van der Waals surface area contributed by atoms with Crippen molar-refractivity contribution >= 4 is 27.7 Å². The first-order chi connectivity index (χ1) is 10.5. The van der Waals surface area contributed by atoms with E-state index in [-0.39, 0.29) is 11.1 Å². The maximum Gasteiger partial charge on any atom is 0.338 e. The van der Waals surface area contributed by atoms with Crippen LogP contribution in [-0.4, -0.2) is 25.5 Å². The highest BCUT2D eigenvalue weighted by Crippen LogP contribution is 2.25. The zero-order chi connectivity index (χ0) is 16.1. The van der Waals surface area contributed by atoms with Gasteiger partial charge in [0.25, 0.3) is 0 Å². The summed E-state index contributed by atoms with van der Waals surface area (Å²) in [6.45, 7) is -0.524. The molecule has 0 fully saturated rings. The number of rotatable bonds is 5. The quantitative estimate of drug-likeness (QED) is 0.598. The van der Waals surface area contributed by atoms with Gasteiger partial charge in [0, 0.05) is 0 Å². The zero-order valence-electron chi connectivity index (χ0n) is 11.6. The predicted octanol–water partition coefficient (Wildman–Crippen LogP) is 3.64. The fraction of sp³-hybridized carbons (Fsp3) is 0.125. The van der Waals surface area contributed by atoms with E-state index < -0.39 is 24.2 Å². The third kappa shape index (κ3) is 3.71. The molecule has 0 aliphatic carbocycles. The number of methoxy groups -OCH3 is 1. The Morgan fingerprint density at radius 1 is 1.18 bits per heavy atom. The van der Waals surface area contributed by atoms with E-state index in [0.717, 1.165) is 0 Å². The number of carbonyl (C=O) groups is 2. The molecule has 2 aromatic carbocycles. The number of Topliss-reactive ketones (excluding diaryl/α,β-unsaturated/α-hetero) is 1. The number of esters is 1. The third-order valence-corrected chi connectivity index (χ3v) is 3.52. The van der Waals surface area contributed by atoms with Crippen LogP contribution in [0.25, 0.3) is 0 Å². The fourth-order valence-corrected chi connectivity index (χ4v) is 2.31. The molecule has 2 aromatic rings. The summed E-state index contributed by atoms with van der Waals surface area (Å²) in [6, 6.07) is 10.2. The SMILES string of the molecule is COc1ccc(C(=O)OCC(=O)c2ccccc2F)cc1Br. The molecular weight excluding hydrogens is 355 g/mol. The fourth-order valence-electron chi connectivity index (χ4n) is 1.77. The lowest BCUT2D eigenvalue weighted by atomic mass is 10.1. The number of carbonyl (C=O) groups excluding carboxylic acids is 2. The lowest BCUT2D eigenvalue weighted by molar-refractivity contribution is 0.0473. The van der Waals surface area contributed by atoms with Crippen LogP contribution in [0.3, 0.4) is 0 Å². The van der Waals surface area contributed by atoms with Crippen molar-refractivity contribution in [3.63, 3.8) is 0 Å². The van der Waals surface area contributed by atoms with Crippen LogP contribution >= 0.6 is 15.9 Å². The van der Waals surface area contributed by atoms with E-state index in [9.17, 15) is 14.0 Å². The van der Waals surface area contributed by atoms with Gasteiger partial charge in [-0.3, -0.25) is 4.79 Å². The van der Waals surface area contributed by atoms with Crippen molar-refractivity contribution in [2.45, 2.75) is 0 Å². The molecule has 0 aliphatic heterocycles. The summed E-state index contributed by atoms with van der Waals surface area (Å²) < 4.78 is 24.0. The molecule has 6 heteroatoms. The Bertz CT molecular complexity index is 715. The largest absolute Gasteiger partial charge is 0.496 e. The molecule has 0 aromatic heterocycles. The maximum absolute atomic E-state index is 13.4. The second kappa shape index (κ2) is 7.17. The van der Waals surface area contributed by atoms with Gasteiger partial charge in [0.05, 0.1) is 22.7 Å². The molecule has 114 valence electrons. The Kier molecular flexibility index (Phi) is 5.27. The summed E-state index contributed by atoms with van der Waals surface area (Å²) in [5, 5.41) is 0. The van der Waals surface area contributed by atoms with E-state index in [1.54, 1.807) is 12.1 Å². The molecule has 0 bridgehead atoms. The summed E-state index contributed by atoms with van der Waals surface area (Å²) in [6.07, 6.45) is 0. The highest BCUT2D eigenvalue weighted by molar-refractivity contribution is 9.10. The second-order valence-corrected chi connectivity index (χ2v) is 5.18. The van der Waals surface area contributed by atoms with Gasteiger partial charge in [0.1, 0.15) is 11.6 Å². The maximum atomic E-state index is 13.4. The first kappa shape index (κ1) is 16.2. The molecule has 4 nitrogen and oxygen atoms in total. The van der Waals surface area contributed by atoms with E-state index >= 15 is 0 Å². The van der Waals surface area contributed by atoms with Gasteiger partial charge in [-0.05, 0) is 46.3 Å². The van der Waals surface area contributed by atoms with E-state index in [2.05, 4.69) is 15.9 Å². The first-order valence-electron chi connectivity index (χ1n) is 6.31. The smallest absolute Gasteiger partial charge is 0.338 e. The Labute approximate surface area is 135 Å². The van der Waals surface area contributed by atoms with Gasteiger partial charge >= 0.3 is 5.97 Å². The molecule has 0 amide bonds. The molecule has 0 saturated heterocycles. The molecule has 0 saturated carbocycles. The third-order valence-electron chi connectivity index (χ3n) is 2.90. The lowest BCUT2D eigenvalue weighted by Crippen LogP contribution is -2.15. The Balaban J connectivity index is 2.02. The van der Waals surface area contributed by atoms with Crippen molar-refractivity contribution < 1.29 is 23.5 Å². The summed E-state index contributed by atoms with van der Waals surface area (Å²) in [5.41, 5.74) is 0.153. The summed E-state index contributed by atoms with van der Waals surface area (Å²) >= 11 is 3.25. The van der Waals surface area contributed by atoms with Gasteiger partial charge in [0.2, 0.25) is 5.78 Å². The first-order valence-corrected chi connectivity index (χ1v) is 7.10. The minimum absolute atomic E-state index is 0.105. The number of halogens is 2. The molecule has 0 radical (unpaired) electrons. The number of benzene rings is 2. The molecule has 0 atom stereocenters. The van der Waals surface area contributed by atoms with Crippen molar-refractivity contribution in [1.29, 1.82) is 0 Å². The van der Waals surface area contributed by atoms with E-state index in [1.807, 2.05) is 0 Å². The highest BCUT2D eigenvalue weighted by atomic mass is 79.9. The van der Waals surface area contributed by atoms with Crippen LogP contribution in [0.4, 0.5) is 4.39 Å². The van der Waals surface area contributed by atoms with Crippen molar-refractivity contribution in [1.82, 2.24) is 0 Å². The number of hydrogen-bond acceptors (Lipinski definition) is 4. The summed E-state index contributed by atoms with van der Waals surface area (Å²) in [7, 11) is 1.51. The van der Waals surface area contributed by atoms with Crippen LogP contribution in [-0.2, 0) is 4.74 Å². The minimum Gasteiger partial charge on any atom is -0.496 e. The molecule has 2 rings (SSSR count). The van der Waals surface area contributed by atoms with E-state index in [1.165, 1.54) is 37.4 Å². The predicted molar refractivity (Wildman–Crippen MR) is 81.7 cm³/mol. The van der Waals surface area contributed by atoms with Crippen LogP contribution in [0.1, 0.15) is 20.7 Å². The van der Waals surface area contributed by atoms with Gasteiger partial charge in [0.15, 0.2) is 6.61 Å².